The highest BCUT2D eigenvalue weighted by atomic mass is 19.1. The van der Waals surface area contributed by atoms with E-state index in [4.69, 9.17) is 9.84 Å². The summed E-state index contributed by atoms with van der Waals surface area (Å²) in [5.41, 5.74) is -0.109. The largest absolute Gasteiger partial charge is 0.491 e. The maximum Gasteiger partial charge on any atom is 0.331 e. The van der Waals surface area contributed by atoms with Gasteiger partial charge in [0.05, 0.1) is 6.61 Å². The molecule has 1 atom stereocenters. The highest BCUT2D eigenvalue weighted by molar-refractivity contribution is 6.12. The standard InChI is InChI=1S/C13H17FN2O4/c1-3-5-15-10(13(19)20-4-2)11(17)8-6-9(14)12(18)16-7-8/h6-7,10,15H,3-5H2,1-2H3,(H,16,18). The first kappa shape index (κ1) is 16.0. The van der Waals surface area contributed by atoms with Gasteiger partial charge in [-0.1, -0.05) is 6.92 Å². The smallest absolute Gasteiger partial charge is 0.331 e. The molecule has 0 amide bonds. The fourth-order valence-corrected chi connectivity index (χ4v) is 1.53. The van der Waals surface area contributed by atoms with Crippen LogP contribution in [-0.2, 0) is 9.53 Å². The van der Waals surface area contributed by atoms with Crippen molar-refractivity contribution in [3.63, 3.8) is 0 Å². The van der Waals surface area contributed by atoms with Gasteiger partial charge in [-0.3, -0.25) is 10.1 Å². The average Bonchev–Trinajstić information content (AvgIpc) is 2.42. The molecule has 0 saturated carbocycles. The van der Waals surface area contributed by atoms with E-state index in [0.717, 1.165) is 12.3 Å². The SMILES string of the molecule is CCCNC(C(=O)OCC)C(=O)c1cnc(O)c(F)c1. The van der Waals surface area contributed by atoms with Crippen LogP contribution in [0.5, 0.6) is 5.88 Å². The quantitative estimate of drug-likeness (QED) is 0.442. The molecule has 0 spiro atoms. The number of nitrogens with zero attached hydrogens (tertiary/aromatic N) is 1. The van der Waals surface area contributed by atoms with E-state index in [1.807, 2.05) is 6.92 Å². The van der Waals surface area contributed by atoms with Crippen LogP contribution in [0.15, 0.2) is 12.3 Å². The monoisotopic (exact) mass is 284 g/mol. The van der Waals surface area contributed by atoms with Crippen molar-refractivity contribution in [3.8, 4) is 5.88 Å². The van der Waals surface area contributed by atoms with E-state index in [1.165, 1.54) is 0 Å². The number of ether oxygens (including phenoxy) is 1. The summed E-state index contributed by atoms with van der Waals surface area (Å²) in [6.07, 6.45) is 1.73. The third kappa shape index (κ3) is 3.99. The molecule has 1 unspecified atom stereocenters. The van der Waals surface area contributed by atoms with Crippen LogP contribution in [0.3, 0.4) is 0 Å². The van der Waals surface area contributed by atoms with Gasteiger partial charge in [-0.25, -0.2) is 14.2 Å². The molecule has 1 aromatic rings. The highest BCUT2D eigenvalue weighted by Gasteiger charge is 2.29. The Bertz CT molecular complexity index is 493. The van der Waals surface area contributed by atoms with Crippen LogP contribution in [0.1, 0.15) is 30.6 Å². The molecule has 0 saturated heterocycles. The third-order valence-corrected chi connectivity index (χ3v) is 2.49. The Kier molecular flexibility index (Phi) is 6.05. The van der Waals surface area contributed by atoms with Crippen molar-refractivity contribution in [2.45, 2.75) is 26.3 Å². The van der Waals surface area contributed by atoms with Crippen molar-refractivity contribution in [1.29, 1.82) is 0 Å². The summed E-state index contributed by atoms with van der Waals surface area (Å²) < 4.78 is 18.0. The van der Waals surface area contributed by atoms with Gasteiger partial charge in [-0.2, -0.15) is 0 Å². The summed E-state index contributed by atoms with van der Waals surface area (Å²) in [6.45, 7) is 4.07. The van der Waals surface area contributed by atoms with Crippen molar-refractivity contribution < 1.29 is 23.8 Å². The highest BCUT2D eigenvalue weighted by Crippen LogP contribution is 2.14. The second-order valence-corrected chi connectivity index (χ2v) is 4.03. The van der Waals surface area contributed by atoms with Crippen molar-refractivity contribution in [1.82, 2.24) is 10.3 Å². The molecular formula is C13H17FN2O4. The number of aromatic hydroxyl groups is 1. The number of hydrogen-bond donors (Lipinski definition) is 2. The molecule has 20 heavy (non-hydrogen) atoms. The Morgan fingerprint density at radius 1 is 1.50 bits per heavy atom. The molecule has 0 fully saturated rings. The number of Topliss-reactive ketones (excluding diaryl/α,β-unsaturated/α-hetero) is 1. The molecule has 0 bridgehead atoms. The third-order valence-electron chi connectivity index (χ3n) is 2.49. The topological polar surface area (TPSA) is 88.5 Å². The Hall–Kier alpha value is -2.02. The lowest BCUT2D eigenvalue weighted by molar-refractivity contribution is -0.144. The minimum atomic E-state index is -1.21. The first-order chi connectivity index (χ1) is 9.51. The van der Waals surface area contributed by atoms with E-state index in [0.29, 0.717) is 13.0 Å². The van der Waals surface area contributed by atoms with E-state index >= 15 is 0 Å². The number of carbonyl (C=O) groups is 2. The van der Waals surface area contributed by atoms with E-state index in [1.54, 1.807) is 6.92 Å². The minimum Gasteiger partial charge on any atom is -0.491 e. The zero-order valence-electron chi connectivity index (χ0n) is 11.4. The lowest BCUT2D eigenvalue weighted by atomic mass is 10.1. The number of hydrogen-bond acceptors (Lipinski definition) is 6. The van der Waals surface area contributed by atoms with Crippen LogP contribution in [0.2, 0.25) is 0 Å². The van der Waals surface area contributed by atoms with Gasteiger partial charge in [-0.05, 0) is 26.0 Å². The van der Waals surface area contributed by atoms with E-state index in [2.05, 4.69) is 10.3 Å². The predicted octanol–water partition coefficient (Wildman–Crippen LogP) is 1.04. The molecule has 1 heterocycles. The van der Waals surface area contributed by atoms with Gasteiger partial charge in [-0.15, -0.1) is 0 Å². The lowest BCUT2D eigenvalue weighted by Crippen LogP contribution is -2.45. The predicted molar refractivity (Wildman–Crippen MR) is 68.9 cm³/mol. The number of rotatable bonds is 7. The van der Waals surface area contributed by atoms with Gasteiger partial charge in [0, 0.05) is 11.8 Å². The van der Waals surface area contributed by atoms with Crippen molar-refractivity contribution in [2.24, 2.45) is 0 Å². The molecule has 0 aliphatic rings. The summed E-state index contributed by atoms with van der Waals surface area (Å²) in [7, 11) is 0. The molecule has 0 radical (unpaired) electrons. The van der Waals surface area contributed by atoms with E-state index in [9.17, 15) is 14.0 Å². The van der Waals surface area contributed by atoms with Gasteiger partial charge in [0.2, 0.25) is 5.88 Å². The minimum absolute atomic E-state index is 0.109. The maximum atomic E-state index is 13.2. The number of nitrogens with one attached hydrogen (secondary N) is 1. The number of ketones is 1. The normalized spacial score (nSPS) is 11.9. The number of esters is 1. The van der Waals surface area contributed by atoms with E-state index < -0.39 is 29.5 Å². The van der Waals surface area contributed by atoms with Crippen molar-refractivity contribution >= 4 is 11.8 Å². The average molecular weight is 284 g/mol. The molecule has 1 aromatic heterocycles. The Balaban J connectivity index is 2.96. The first-order valence-corrected chi connectivity index (χ1v) is 6.30. The summed E-state index contributed by atoms with van der Waals surface area (Å²) in [5, 5.41) is 11.7. The lowest BCUT2D eigenvalue weighted by Gasteiger charge is -2.15. The summed E-state index contributed by atoms with van der Waals surface area (Å²) in [4.78, 5) is 27.3. The van der Waals surface area contributed by atoms with Crippen LogP contribution in [0, 0.1) is 5.82 Å². The summed E-state index contributed by atoms with van der Waals surface area (Å²) in [5.74, 6) is -3.19. The number of halogens is 1. The Morgan fingerprint density at radius 2 is 2.20 bits per heavy atom. The summed E-state index contributed by atoms with van der Waals surface area (Å²) in [6, 6.07) is -0.370. The molecule has 2 N–H and O–H groups in total. The van der Waals surface area contributed by atoms with Gasteiger partial charge >= 0.3 is 5.97 Å². The number of pyridine rings is 1. The van der Waals surface area contributed by atoms with Crippen LogP contribution < -0.4 is 5.32 Å². The van der Waals surface area contributed by atoms with Gasteiger partial charge < -0.3 is 9.84 Å². The zero-order valence-corrected chi connectivity index (χ0v) is 11.4. The van der Waals surface area contributed by atoms with Gasteiger partial charge in [0.15, 0.2) is 17.6 Å². The molecular weight excluding hydrogens is 267 g/mol. The molecule has 6 nitrogen and oxygen atoms in total. The van der Waals surface area contributed by atoms with Crippen molar-refractivity contribution in [2.75, 3.05) is 13.2 Å². The molecule has 110 valence electrons. The maximum absolute atomic E-state index is 13.2. The summed E-state index contributed by atoms with van der Waals surface area (Å²) >= 11 is 0. The van der Waals surface area contributed by atoms with Crippen molar-refractivity contribution in [3.05, 3.63) is 23.6 Å². The van der Waals surface area contributed by atoms with Gasteiger partial charge in [0.1, 0.15) is 0 Å². The second kappa shape index (κ2) is 7.54. The number of carbonyl (C=O) groups excluding carboxylic acids is 2. The number of aromatic nitrogens is 1. The van der Waals surface area contributed by atoms with Crippen LogP contribution in [0.4, 0.5) is 4.39 Å². The first-order valence-electron chi connectivity index (χ1n) is 6.30. The van der Waals surface area contributed by atoms with Crippen LogP contribution in [0.25, 0.3) is 0 Å². The fourth-order valence-electron chi connectivity index (χ4n) is 1.53. The Labute approximate surface area is 116 Å². The van der Waals surface area contributed by atoms with Crippen LogP contribution in [-0.4, -0.2) is 41.0 Å². The molecule has 1 rings (SSSR count). The Morgan fingerprint density at radius 3 is 2.75 bits per heavy atom. The van der Waals surface area contributed by atoms with E-state index in [-0.39, 0.29) is 12.2 Å². The molecule has 7 heteroatoms. The second-order valence-electron chi connectivity index (χ2n) is 4.03. The molecule has 0 aliphatic heterocycles. The van der Waals surface area contributed by atoms with Crippen LogP contribution >= 0.6 is 0 Å². The van der Waals surface area contributed by atoms with Gasteiger partial charge in [0.25, 0.3) is 0 Å². The zero-order chi connectivity index (χ0) is 15.1. The molecule has 0 aliphatic carbocycles. The molecule has 0 aromatic carbocycles. The fraction of sp³-hybridized carbons (Fsp3) is 0.462.